The highest BCUT2D eigenvalue weighted by Crippen LogP contribution is 2.25. The van der Waals surface area contributed by atoms with E-state index in [1.807, 2.05) is 31.2 Å². The van der Waals surface area contributed by atoms with Crippen molar-refractivity contribution in [2.45, 2.75) is 13.0 Å². The maximum absolute atomic E-state index is 13.3. The Morgan fingerprint density at radius 1 is 1.12 bits per heavy atom. The van der Waals surface area contributed by atoms with Gasteiger partial charge in [0, 0.05) is 0 Å². The van der Waals surface area contributed by atoms with E-state index in [-0.39, 0.29) is 5.02 Å². The quantitative estimate of drug-likeness (QED) is 0.858. The van der Waals surface area contributed by atoms with Crippen LogP contribution in [0.4, 0.5) is 4.39 Å². The van der Waals surface area contributed by atoms with E-state index in [2.05, 4.69) is 0 Å². The minimum Gasteiger partial charge on any atom is -0.384 e. The number of rotatable bonds is 2. The van der Waals surface area contributed by atoms with E-state index in [0.717, 1.165) is 11.1 Å². The smallest absolute Gasteiger partial charge is 0.142 e. The molecule has 2 aromatic carbocycles. The Morgan fingerprint density at radius 2 is 1.82 bits per heavy atom. The number of benzene rings is 2. The predicted molar refractivity (Wildman–Crippen MR) is 66.7 cm³/mol. The molecule has 2 rings (SSSR count). The lowest BCUT2D eigenvalue weighted by atomic mass is 10.00. The largest absolute Gasteiger partial charge is 0.384 e. The van der Waals surface area contributed by atoms with Gasteiger partial charge in [0.2, 0.25) is 0 Å². The molecule has 0 spiro atoms. The van der Waals surface area contributed by atoms with Crippen LogP contribution < -0.4 is 0 Å². The highest BCUT2D eigenvalue weighted by Gasteiger charge is 2.12. The predicted octanol–water partition coefficient (Wildman–Crippen LogP) is 3.87. The van der Waals surface area contributed by atoms with E-state index < -0.39 is 11.9 Å². The van der Waals surface area contributed by atoms with Crippen LogP contribution in [0.3, 0.4) is 0 Å². The van der Waals surface area contributed by atoms with Crippen LogP contribution in [0.5, 0.6) is 0 Å². The van der Waals surface area contributed by atoms with Crippen molar-refractivity contribution < 1.29 is 9.50 Å². The lowest BCUT2D eigenvalue weighted by Gasteiger charge is -2.12. The fourth-order valence-electron chi connectivity index (χ4n) is 1.72. The molecular formula is C14H12ClFO. The zero-order chi connectivity index (χ0) is 12.4. The number of hydrogen-bond donors (Lipinski definition) is 1. The van der Waals surface area contributed by atoms with E-state index in [9.17, 15) is 9.50 Å². The molecule has 0 bridgehead atoms. The molecule has 0 saturated carbocycles. The van der Waals surface area contributed by atoms with Crippen LogP contribution in [0.1, 0.15) is 22.8 Å². The van der Waals surface area contributed by atoms with Crippen LogP contribution >= 0.6 is 11.6 Å². The Balaban J connectivity index is 2.36. The number of halogens is 2. The molecule has 0 amide bonds. The third-order valence-corrected chi connectivity index (χ3v) is 2.92. The van der Waals surface area contributed by atoms with E-state index in [0.29, 0.717) is 5.56 Å². The summed E-state index contributed by atoms with van der Waals surface area (Å²) in [5.74, 6) is -0.518. The zero-order valence-electron chi connectivity index (χ0n) is 9.32. The molecule has 0 radical (unpaired) electrons. The molecule has 0 unspecified atom stereocenters. The van der Waals surface area contributed by atoms with Gasteiger partial charge < -0.3 is 5.11 Å². The highest BCUT2D eigenvalue weighted by atomic mass is 35.5. The maximum Gasteiger partial charge on any atom is 0.142 e. The Kier molecular flexibility index (Phi) is 3.46. The van der Waals surface area contributed by atoms with Gasteiger partial charge in [0.1, 0.15) is 11.9 Å². The summed E-state index contributed by atoms with van der Waals surface area (Å²) in [6.45, 7) is 1.94. The van der Waals surface area contributed by atoms with Gasteiger partial charge in [-0.1, -0.05) is 47.5 Å². The second kappa shape index (κ2) is 4.86. The molecule has 1 N–H and O–H groups in total. The molecular weight excluding hydrogens is 239 g/mol. The van der Waals surface area contributed by atoms with Crippen LogP contribution in [0.15, 0.2) is 42.5 Å². The Bertz CT molecular complexity index is 539. The number of aliphatic hydroxyl groups is 1. The summed E-state index contributed by atoms with van der Waals surface area (Å²) >= 11 is 5.60. The summed E-state index contributed by atoms with van der Waals surface area (Å²) in [7, 11) is 0. The number of aliphatic hydroxyl groups excluding tert-OH is 1. The van der Waals surface area contributed by atoms with E-state index in [4.69, 9.17) is 11.6 Å². The molecule has 0 saturated heterocycles. The van der Waals surface area contributed by atoms with Crippen LogP contribution in [0.2, 0.25) is 5.02 Å². The van der Waals surface area contributed by atoms with Gasteiger partial charge in [-0.3, -0.25) is 0 Å². The average molecular weight is 251 g/mol. The second-order valence-electron chi connectivity index (χ2n) is 3.99. The van der Waals surface area contributed by atoms with Crippen molar-refractivity contribution in [1.29, 1.82) is 0 Å². The van der Waals surface area contributed by atoms with Crippen molar-refractivity contribution >= 4 is 11.6 Å². The van der Waals surface area contributed by atoms with Gasteiger partial charge in [-0.05, 0) is 30.2 Å². The maximum atomic E-state index is 13.3. The van der Waals surface area contributed by atoms with Gasteiger partial charge in [-0.15, -0.1) is 0 Å². The minimum absolute atomic E-state index is 0.0604. The van der Waals surface area contributed by atoms with Gasteiger partial charge in [0.25, 0.3) is 0 Å². The first kappa shape index (κ1) is 12.1. The fourth-order valence-corrected chi connectivity index (χ4v) is 1.83. The molecule has 1 atom stereocenters. The van der Waals surface area contributed by atoms with Gasteiger partial charge in [0.15, 0.2) is 0 Å². The number of aryl methyl sites for hydroxylation is 1. The Hall–Kier alpha value is -1.38. The molecule has 1 nitrogen and oxygen atoms in total. The minimum atomic E-state index is -0.832. The molecule has 0 aliphatic carbocycles. The molecule has 0 fully saturated rings. The van der Waals surface area contributed by atoms with Crippen molar-refractivity contribution in [1.82, 2.24) is 0 Å². The van der Waals surface area contributed by atoms with Crippen LogP contribution in [0.25, 0.3) is 0 Å². The SMILES string of the molecule is Cc1cccc([C@H](O)c2ccc(Cl)c(F)c2)c1. The summed E-state index contributed by atoms with van der Waals surface area (Å²) < 4.78 is 13.3. The Morgan fingerprint density at radius 3 is 2.47 bits per heavy atom. The molecule has 0 aromatic heterocycles. The van der Waals surface area contributed by atoms with Gasteiger partial charge in [-0.2, -0.15) is 0 Å². The first-order valence-electron chi connectivity index (χ1n) is 5.27. The first-order valence-corrected chi connectivity index (χ1v) is 5.65. The normalized spacial score (nSPS) is 12.5. The molecule has 2 aromatic rings. The highest BCUT2D eigenvalue weighted by molar-refractivity contribution is 6.30. The van der Waals surface area contributed by atoms with Crippen molar-refractivity contribution in [3.63, 3.8) is 0 Å². The van der Waals surface area contributed by atoms with Gasteiger partial charge in [-0.25, -0.2) is 4.39 Å². The van der Waals surface area contributed by atoms with Crippen molar-refractivity contribution in [2.75, 3.05) is 0 Å². The second-order valence-corrected chi connectivity index (χ2v) is 4.40. The summed E-state index contributed by atoms with van der Waals surface area (Å²) in [5.41, 5.74) is 2.29. The van der Waals surface area contributed by atoms with Crippen molar-refractivity contribution in [2.24, 2.45) is 0 Å². The third kappa shape index (κ3) is 2.65. The van der Waals surface area contributed by atoms with Crippen LogP contribution in [0, 0.1) is 12.7 Å². The molecule has 3 heteroatoms. The summed E-state index contributed by atoms with van der Waals surface area (Å²) in [6, 6.07) is 11.8. The molecule has 0 heterocycles. The van der Waals surface area contributed by atoms with Gasteiger partial charge >= 0.3 is 0 Å². The zero-order valence-corrected chi connectivity index (χ0v) is 10.1. The van der Waals surface area contributed by atoms with Crippen LogP contribution in [-0.2, 0) is 0 Å². The first-order chi connectivity index (χ1) is 8.08. The third-order valence-electron chi connectivity index (χ3n) is 2.62. The molecule has 17 heavy (non-hydrogen) atoms. The standard InChI is InChI=1S/C14H12ClFO/c1-9-3-2-4-10(7-9)14(17)11-5-6-12(15)13(16)8-11/h2-8,14,17H,1H3/t14-/m0/s1. The summed E-state index contributed by atoms with van der Waals surface area (Å²) in [5, 5.41) is 10.2. The molecule has 0 aliphatic heterocycles. The van der Waals surface area contributed by atoms with Gasteiger partial charge in [0.05, 0.1) is 5.02 Å². The van der Waals surface area contributed by atoms with E-state index in [1.165, 1.54) is 12.1 Å². The number of hydrogen-bond acceptors (Lipinski definition) is 1. The summed E-state index contributed by atoms with van der Waals surface area (Å²) in [6.07, 6.45) is -0.832. The average Bonchev–Trinajstić information content (AvgIpc) is 2.32. The monoisotopic (exact) mass is 250 g/mol. The van der Waals surface area contributed by atoms with Crippen molar-refractivity contribution in [3.05, 3.63) is 70.0 Å². The fraction of sp³-hybridized carbons (Fsp3) is 0.143. The summed E-state index contributed by atoms with van der Waals surface area (Å²) in [4.78, 5) is 0. The molecule has 88 valence electrons. The Labute approximate surface area is 104 Å². The van der Waals surface area contributed by atoms with Crippen molar-refractivity contribution in [3.8, 4) is 0 Å². The van der Waals surface area contributed by atoms with Crippen LogP contribution in [-0.4, -0.2) is 5.11 Å². The van der Waals surface area contributed by atoms with E-state index >= 15 is 0 Å². The molecule has 0 aliphatic rings. The lowest BCUT2D eigenvalue weighted by Crippen LogP contribution is -2.00. The lowest BCUT2D eigenvalue weighted by molar-refractivity contribution is 0.219. The topological polar surface area (TPSA) is 20.2 Å². The van der Waals surface area contributed by atoms with E-state index in [1.54, 1.807) is 6.07 Å².